The maximum absolute atomic E-state index is 4.25. The summed E-state index contributed by atoms with van der Waals surface area (Å²) in [5, 5.41) is 0. The molecule has 1 heterocycles. The van der Waals surface area contributed by atoms with Crippen LogP contribution in [0.25, 0.3) is 0 Å². The predicted molar refractivity (Wildman–Crippen MR) is 76.9 cm³/mol. The van der Waals surface area contributed by atoms with Crippen LogP contribution in [0.15, 0.2) is 24.3 Å². The topological polar surface area (TPSA) is 0 Å². The Morgan fingerprint density at radius 3 is 2.67 bits per heavy atom. The van der Waals surface area contributed by atoms with Crippen LogP contribution in [0.3, 0.4) is 0 Å². The molecule has 1 aliphatic heterocycles. The zero-order valence-electron chi connectivity index (χ0n) is 11.7. The summed E-state index contributed by atoms with van der Waals surface area (Å²) in [7, 11) is 2.42. The second-order valence-electron chi connectivity index (χ2n) is 5.11. The van der Waals surface area contributed by atoms with Crippen molar-refractivity contribution in [3.63, 3.8) is 0 Å². The van der Waals surface area contributed by atoms with E-state index in [4.69, 9.17) is 0 Å². The predicted octanol–water partition coefficient (Wildman–Crippen LogP) is 3.81. The fourth-order valence-electron chi connectivity index (χ4n) is 3.43. The summed E-state index contributed by atoms with van der Waals surface area (Å²) < 4.78 is 0. The largest absolute Gasteiger partial charge is 0.340 e. The molecule has 18 heavy (non-hydrogen) atoms. The first-order chi connectivity index (χ1) is 8.34. The van der Waals surface area contributed by atoms with Gasteiger partial charge in [0.2, 0.25) is 0 Å². The third-order valence-corrected chi connectivity index (χ3v) is 4.09. The van der Waals surface area contributed by atoms with Crippen molar-refractivity contribution in [1.29, 1.82) is 0 Å². The minimum Gasteiger partial charge on any atom is -0.340 e. The van der Waals surface area contributed by atoms with Gasteiger partial charge in [0, 0.05) is 32.7 Å². The summed E-state index contributed by atoms with van der Waals surface area (Å²) in [6.07, 6.45) is 5.26. The number of hydrogen-bond acceptors (Lipinski definition) is 0. The van der Waals surface area contributed by atoms with Crippen LogP contribution in [0.2, 0.25) is 6.32 Å². The Hall–Kier alpha value is 0.389. The van der Waals surface area contributed by atoms with Gasteiger partial charge < -0.3 is 6.92 Å². The normalized spacial score (nSPS) is 28.5. The fraction of sp³-hybridized carbons (Fsp3) is 0.562. The molecular formula is C16H23BY-. The van der Waals surface area contributed by atoms with Crippen LogP contribution >= 0.6 is 0 Å². The van der Waals surface area contributed by atoms with E-state index in [2.05, 4.69) is 38.5 Å². The van der Waals surface area contributed by atoms with Crippen LogP contribution in [0.5, 0.6) is 0 Å². The molecule has 0 amide bonds. The zero-order valence-corrected chi connectivity index (χ0v) is 14.6. The Bertz CT molecular complexity index is 364. The maximum Gasteiger partial charge on any atom is 0.152 e. The van der Waals surface area contributed by atoms with Crippen molar-refractivity contribution < 1.29 is 32.7 Å². The molecule has 0 saturated heterocycles. The number of rotatable bonds is 0. The van der Waals surface area contributed by atoms with Crippen molar-refractivity contribution in [2.24, 2.45) is 11.8 Å². The molecule has 1 saturated carbocycles. The maximum atomic E-state index is 4.25. The van der Waals surface area contributed by atoms with Crippen LogP contribution in [0.1, 0.15) is 44.6 Å². The standard InChI is InChI=1S/C14H17B.C2H6.Y/c1-10-8-11-6-7-15-14-5-3-2-4-12(14)13(11)9-10;1-2;/h2-5,10-11,13H,1,6-9H2;1-2H3;/q-1;;. The zero-order chi connectivity index (χ0) is 12.3. The van der Waals surface area contributed by atoms with Gasteiger partial charge >= 0.3 is 0 Å². The van der Waals surface area contributed by atoms with Crippen LogP contribution < -0.4 is 5.46 Å². The Balaban J connectivity index is 0.000000516. The molecule has 0 aromatic heterocycles. The van der Waals surface area contributed by atoms with E-state index < -0.39 is 0 Å². The molecule has 2 heteroatoms. The SMILES string of the molecule is CC.[CH2-]C1CC2CC[B]c3ccccc3C2C1.[Y]. The molecule has 0 N–H and O–H groups in total. The quantitative estimate of drug-likeness (QED) is 0.504. The molecule has 0 bridgehead atoms. The van der Waals surface area contributed by atoms with Gasteiger partial charge in [0.25, 0.3) is 0 Å². The molecule has 0 nitrogen and oxygen atoms in total. The summed E-state index contributed by atoms with van der Waals surface area (Å²) >= 11 is 0. The van der Waals surface area contributed by atoms with E-state index in [1.807, 2.05) is 13.8 Å². The van der Waals surface area contributed by atoms with Gasteiger partial charge in [0.15, 0.2) is 7.28 Å². The monoisotopic (exact) mass is 315 g/mol. The van der Waals surface area contributed by atoms with Crippen molar-refractivity contribution >= 4 is 12.7 Å². The third kappa shape index (κ3) is 3.48. The molecule has 3 unspecified atom stereocenters. The van der Waals surface area contributed by atoms with E-state index in [1.165, 1.54) is 31.0 Å². The van der Waals surface area contributed by atoms with Crippen molar-refractivity contribution in [3.05, 3.63) is 36.8 Å². The first-order valence-electron chi connectivity index (χ1n) is 7.10. The number of fused-ring (bicyclic) bond motifs is 3. The first kappa shape index (κ1) is 16.4. The molecule has 1 aromatic rings. The van der Waals surface area contributed by atoms with Crippen molar-refractivity contribution in [2.45, 2.75) is 45.3 Å². The Morgan fingerprint density at radius 1 is 1.17 bits per heavy atom. The average Bonchev–Trinajstić information content (AvgIpc) is 2.65. The molecule has 3 rings (SSSR count). The summed E-state index contributed by atoms with van der Waals surface area (Å²) in [6, 6.07) is 8.94. The molecule has 94 valence electrons. The van der Waals surface area contributed by atoms with Crippen LogP contribution in [-0.4, -0.2) is 7.28 Å². The van der Waals surface area contributed by atoms with Crippen molar-refractivity contribution in [2.75, 3.05) is 0 Å². The van der Waals surface area contributed by atoms with E-state index in [0.717, 1.165) is 11.8 Å². The molecule has 1 aliphatic carbocycles. The molecule has 3 atom stereocenters. The van der Waals surface area contributed by atoms with Gasteiger partial charge in [-0.2, -0.15) is 5.92 Å². The van der Waals surface area contributed by atoms with Gasteiger partial charge in [0.1, 0.15) is 0 Å². The molecular weight excluding hydrogens is 292 g/mol. The van der Waals surface area contributed by atoms with Crippen molar-refractivity contribution in [1.82, 2.24) is 0 Å². The van der Waals surface area contributed by atoms with Crippen LogP contribution in [-0.2, 0) is 32.7 Å². The van der Waals surface area contributed by atoms with Crippen LogP contribution in [0.4, 0.5) is 0 Å². The smallest absolute Gasteiger partial charge is 0.152 e. The van der Waals surface area contributed by atoms with E-state index >= 15 is 0 Å². The number of hydrogen-bond donors (Lipinski definition) is 0. The van der Waals surface area contributed by atoms with E-state index in [0.29, 0.717) is 5.92 Å². The minimum absolute atomic E-state index is 0. The summed E-state index contributed by atoms with van der Waals surface area (Å²) in [4.78, 5) is 0. The van der Waals surface area contributed by atoms with Crippen molar-refractivity contribution in [3.8, 4) is 0 Å². The Labute approximate surface area is 138 Å². The molecule has 1 aromatic carbocycles. The van der Waals surface area contributed by atoms with Gasteiger partial charge in [-0.3, -0.25) is 0 Å². The van der Waals surface area contributed by atoms with Gasteiger partial charge in [-0.1, -0.05) is 74.7 Å². The van der Waals surface area contributed by atoms with Crippen LogP contribution in [0, 0.1) is 18.8 Å². The number of benzene rings is 1. The fourth-order valence-corrected chi connectivity index (χ4v) is 3.43. The van der Waals surface area contributed by atoms with E-state index in [-0.39, 0.29) is 32.7 Å². The van der Waals surface area contributed by atoms with Gasteiger partial charge in [-0.05, 0) is 11.8 Å². The second-order valence-corrected chi connectivity index (χ2v) is 5.11. The Kier molecular flexibility index (Phi) is 7.17. The molecule has 1 fully saturated rings. The van der Waals surface area contributed by atoms with E-state index in [9.17, 15) is 0 Å². The van der Waals surface area contributed by atoms with E-state index in [1.54, 1.807) is 5.56 Å². The first-order valence-corrected chi connectivity index (χ1v) is 7.10. The summed E-state index contributed by atoms with van der Waals surface area (Å²) in [5.41, 5.74) is 3.07. The summed E-state index contributed by atoms with van der Waals surface area (Å²) in [6.45, 7) is 8.25. The average molecular weight is 315 g/mol. The summed E-state index contributed by atoms with van der Waals surface area (Å²) in [5.74, 6) is 2.38. The molecule has 0 spiro atoms. The second kappa shape index (κ2) is 7.85. The Morgan fingerprint density at radius 2 is 1.89 bits per heavy atom. The van der Waals surface area contributed by atoms with Gasteiger partial charge in [-0.25, -0.2) is 0 Å². The molecule has 2 radical (unpaired) electrons. The molecule has 2 aliphatic rings. The van der Waals surface area contributed by atoms with Gasteiger partial charge in [-0.15, -0.1) is 0 Å². The third-order valence-electron chi connectivity index (χ3n) is 4.09. The minimum atomic E-state index is 0. The van der Waals surface area contributed by atoms with Gasteiger partial charge in [0.05, 0.1) is 0 Å².